The fraction of sp³-hybridized carbons (Fsp3) is 0.364. The molecule has 1 aliphatic carbocycles. The lowest BCUT2D eigenvalue weighted by molar-refractivity contribution is 0.898. The number of nitrogens with zero attached hydrogens (tertiary/aromatic N) is 4. The highest BCUT2D eigenvalue weighted by Gasteiger charge is 2.26. The lowest BCUT2D eigenvalue weighted by Crippen LogP contribution is -2.11. The van der Waals surface area contributed by atoms with Crippen LogP contribution in [0.3, 0.4) is 0 Å². The van der Waals surface area contributed by atoms with Gasteiger partial charge in [0, 0.05) is 24.7 Å². The van der Waals surface area contributed by atoms with Gasteiger partial charge in [0.05, 0.1) is 12.5 Å². The van der Waals surface area contributed by atoms with E-state index in [0.29, 0.717) is 17.6 Å². The van der Waals surface area contributed by atoms with E-state index in [1.807, 2.05) is 17.7 Å². The largest absolute Gasteiger partial charge is 0.331 e. The Labute approximate surface area is 98.9 Å². The number of aromatic nitrogens is 4. The van der Waals surface area contributed by atoms with Crippen molar-refractivity contribution >= 4 is 5.82 Å². The summed E-state index contributed by atoms with van der Waals surface area (Å²) in [5, 5.41) is 0. The van der Waals surface area contributed by atoms with Gasteiger partial charge in [0.25, 0.3) is 0 Å². The van der Waals surface area contributed by atoms with Crippen LogP contribution in [0.1, 0.15) is 24.5 Å². The number of nitrogens with one attached hydrogen (secondary N) is 1. The number of aryl methyl sites for hydroxylation is 1. The first-order valence-electron chi connectivity index (χ1n) is 5.60. The van der Waals surface area contributed by atoms with Crippen molar-refractivity contribution in [3.8, 4) is 11.5 Å². The van der Waals surface area contributed by atoms with E-state index in [1.54, 1.807) is 12.5 Å². The summed E-state index contributed by atoms with van der Waals surface area (Å²) in [5.41, 5.74) is 4.54. The van der Waals surface area contributed by atoms with Gasteiger partial charge in [-0.3, -0.25) is 0 Å². The third-order valence-corrected chi connectivity index (χ3v) is 2.94. The summed E-state index contributed by atoms with van der Waals surface area (Å²) < 4.78 is 1.90. The second kappa shape index (κ2) is 3.81. The molecule has 6 heteroatoms. The number of hydrogen-bond acceptors (Lipinski definition) is 5. The van der Waals surface area contributed by atoms with Crippen LogP contribution in [0.4, 0.5) is 5.82 Å². The lowest BCUT2D eigenvalue weighted by Gasteiger charge is -2.07. The number of nitrogen functional groups attached to an aromatic ring is 1. The van der Waals surface area contributed by atoms with E-state index >= 15 is 0 Å². The summed E-state index contributed by atoms with van der Waals surface area (Å²) in [7, 11) is 1.92. The first-order valence-corrected chi connectivity index (χ1v) is 5.60. The maximum Gasteiger partial charge on any atom is 0.180 e. The smallest absolute Gasteiger partial charge is 0.180 e. The molecule has 1 fully saturated rings. The van der Waals surface area contributed by atoms with Gasteiger partial charge in [-0.1, -0.05) is 0 Å². The van der Waals surface area contributed by atoms with Gasteiger partial charge in [-0.2, -0.15) is 0 Å². The van der Waals surface area contributed by atoms with E-state index in [1.165, 1.54) is 12.8 Å². The molecule has 1 saturated carbocycles. The average molecular weight is 230 g/mol. The molecule has 17 heavy (non-hydrogen) atoms. The van der Waals surface area contributed by atoms with Crippen LogP contribution in [-0.2, 0) is 7.05 Å². The van der Waals surface area contributed by atoms with Gasteiger partial charge in [-0.05, 0) is 12.8 Å². The lowest BCUT2D eigenvalue weighted by atomic mass is 10.2. The molecular weight excluding hydrogens is 216 g/mol. The van der Waals surface area contributed by atoms with Gasteiger partial charge in [0.15, 0.2) is 5.82 Å². The molecule has 0 unspecified atom stereocenters. The Bertz CT molecular complexity index is 543. The van der Waals surface area contributed by atoms with Crippen LogP contribution in [0.25, 0.3) is 11.5 Å². The first kappa shape index (κ1) is 10.2. The average Bonchev–Trinajstić information content (AvgIpc) is 3.11. The number of rotatable bonds is 3. The summed E-state index contributed by atoms with van der Waals surface area (Å²) in [6.45, 7) is 0. The third-order valence-electron chi connectivity index (χ3n) is 2.94. The van der Waals surface area contributed by atoms with E-state index in [4.69, 9.17) is 5.84 Å². The third kappa shape index (κ3) is 1.87. The van der Waals surface area contributed by atoms with Gasteiger partial charge in [0.1, 0.15) is 11.5 Å². The molecule has 0 atom stereocenters. The van der Waals surface area contributed by atoms with E-state index < -0.39 is 0 Å². The Balaban J connectivity index is 2.09. The first-order chi connectivity index (χ1) is 8.28. The Morgan fingerprint density at radius 2 is 2.24 bits per heavy atom. The zero-order valence-corrected chi connectivity index (χ0v) is 9.59. The fourth-order valence-corrected chi connectivity index (χ4v) is 1.82. The molecule has 0 saturated heterocycles. The summed E-state index contributed by atoms with van der Waals surface area (Å²) in [6.07, 6.45) is 5.89. The highest BCUT2D eigenvalue weighted by atomic mass is 15.3. The van der Waals surface area contributed by atoms with E-state index in [9.17, 15) is 0 Å². The number of hydrazine groups is 1. The normalized spacial score (nSPS) is 14.9. The molecule has 0 aromatic carbocycles. The molecule has 0 aliphatic heterocycles. The number of nitrogens with two attached hydrogens (primary N) is 1. The van der Waals surface area contributed by atoms with Crippen LogP contribution in [0.2, 0.25) is 0 Å². The predicted octanol–water partition coefficient (Wildman–Crippen LogP) is 1.04. The van der Waals surface area contributed by atoms with Crippen LogP contribution < -0.4 is 11.3 Å². The van der Waals surface area contributed by atoms with Gasteiger partial charge in [-0.25, -0.2) is 20.8 Å². The standard InChI is InChI=1S/C11H14N6/c1-17-6-13-5-9(17)11-14-8(7-2-3-7)4-10(15-11)16-12/h4-7H,2-3,12H2,1H3,(H,14,15,16). The van der Waals surface area contributed by atoms with Crippen molar-refractivity contribution in [2.45, 2.75) is 18.8 Å². The zero-order valence-electron chi connectivity index (χ0n) is 9.59. The molecule has 2 aromatic heterocycles. The highest BCUT2D eigenvalue weighted by Crippen LogP contribution is 2.40. The van der Waals surface area contributed by atoms with E-state index in [0.717, 1.165) is 11.4 Å². The van der Waals surface area contributed by atoms with E-state index in [2.05, 4.69) is 20.4 Å². The van der Waals surface area contributed by atoms with Crippen molar-refractivity contribution in [1.29, 1.82) is 0 Å². The highest BCUT2D eigenvalue weighted by molar-refractivity contribution is 5.53. The Morgan fingerprint density at radius 3 is 2.82 bits per heavy atom. The van der Waals surface area contributed by atoms with Crippen molar-refractivity contribution in [2.24, 2.45) is 12.9 Å². The molecule has 6 nitrogen and oxygen atoms in total. The SMILES string of the molecule is Cn1cncc1-c1nc(NN)cc(C2CC2)n1. The van der Waals surface area contributed by atoms with E-state index in [-0.39, 0.29) is 0 Å². The van der Waals surface area contributed by atoms with Crippen molar-refractivity contribution < 1.29 is 0 Å². The Kier molecular flexibility index (Phi) is 2.29. The van der Waals surface area contributed by atoms with Gasteiger partial charge < -0.3 is 9.99 Å². The number of hydrogen-bond donors (Lipinski definition) is 2. The van der Waals surface area contributed by atoms with Gasteiger partial charge >= 0.3 is 0 Å². The molecular formula is C11H14N6. The summed E-state index contributed by atoms with van der Waals surface area (Å²) in [6, 6.07) is 1.91. The maximum atomic E-state index is 5.44. The van der Waals surface area contributed by atoms with Crippen molar-refractivity contribution in [3.63, 3.8) is 0 Å². The minimum Gasteiger partial charge on any atom is -0.331 e. The Hall–Kier alpha value is -1.95. The number of anilines is 1. The molecule has 3 N–H and O–H groups in total. The summed E-state index contributed by atoms with van der Waals surface area (Å²) >= 11 is 0. The van der Waals surface area contributed by atoms with Gasteiger partial charge in [0.2, 0.25) is 0 Å². The molecule has 0 amide bonds. The zero-order chi connectivity index (χ0) is 11.8. The Morgan fingerprint density at radius 1 is 1.41 bits per heavy atom. The van der Waals surface area contributed by atoms with Crippen LogP contribution in [-0.4, -0.2) is 19.5 Å². The van der Waals surface area contributed by atoms with Crippen molar-refractivity contribution in [3.05, 3.63) is 24.3 Å². The topological polar surface area (TPSA) is 81.7 Å². The maximum absolute atomic E-state index is 5.44. The summed E-state index contributed by atoms with van der Waals surface area (Å²) in [4.78, 5) is 13.0. The minimum atomic E-state index is 0.567. The van der Waals surface area contributed by atoms with Crippen molar-refractivity contribution in [1.82, 2.24) is 19.5 Å². The molecule has 2 heterocycles. The molecule has 0 radical (unpaired) electrons. The summed E-state index contributed by atoms with van der Waals surface area (Å²) in [5.74, 6) is 7.32. The number of imidazole rings is 1. The molecule has 3 rings (SSSR count). The molecule has 2 aromatic rings. The van der Waals surface area contributed by atoms with Crippen LogP contribution in [0.15, 0.2) is 18.6 Å². The molecule has 0 spiro atoms. The second-order valence-electron chi connectivity index (χ2n) is 4.31. The minimum absolute atomic E-state index is 0.567. The van der Waals surface area contributed by atoms with Crippen LogP contribution in [0, 0.1) is 0 Å². The van der Waals surface area contributed by atoms with Crippen molar-refractivity contribution in [2.75, 3.05) is 5.43 Å². The molecule has 1 aliphatic rings. The second-order valence-corrected chi connectivity index (χ2v) is 4.31. The van der Waals surface area contributed by atoms with Gasteiger partial charge in [-0.15, -0.1) is 0 Å². The predicted molar refractivity (Wildman–Crippen MR) is 64.0 cm³/mol. The molecule has 88 valence electrons. The fourth-order valence-electron chi connectivity index (χ4n) is 1.82. The molecule has 0 bridgehead atoms. The monoisotopic (exact) mass is 230 g/mol. The van der Waals surface area contributed by atoms with Crippen LogP contribution >= 0.6 is 0 Å². The van der Waals surface area contributed by atoms with Crippen LogP contribution in [0.5, 0.6) is 0 Å². The quantitative estimate of drug-likeness (QED) is 0.608.